The molecule has 1 aliphatic carbocycles. The number of aryl methyl sites for hydroxylation is 1. The lowest BCUT2D eigenvalue weighted by atomic mass is 9.80. The van der Waals surface area contributed by atoms with Gasteiger partial charge in [-0.25, -0.2) is 21.6 Å². The normalized spacial score (nSPS) is 16.9. The molecular weight excluding hydrogens is 378 g/mol. The molecule has 1 fully saturated rings. The van der Waals surface area contributed by atoms with Crippen LogP contribution < -0.4 is 9.44 Å². The highest BCUT2D eigenvalue weighted by atomic mass is 32.2. The highest BCUT2D eigenvalue weighted by Gasteiger charge is 2.38. The number of hydrogen-bond donors (Lipinski definition) is 2. The van der Waals surface area contributed by atoms with E-state index in [9.17, 15) is 16.8 Å². The summed E-state index contributed by atoms with van der Waals surface area (Å²) in [5, 5.41) is 7.50. The Morgan fingerprint density at radius 1 is 1.08 bits per heavy atom. The Morgan fingerprint density at radius 2 is 1.65 bits per heavy atom. The van der Waals surface area contributed by atoms with Gasteiger partial charge in [-0.05, 0) is 45.2 Å². The molecule has 3 rings (SSSR count). The molecule has 9 nitrogen and oxygen atoms in total. The van der Waals surface area contributed by atoms with Crippen molar-refractivity contribution in [3.8, 4) is 0 Å². The van der Waals surface area contributed by atoms with Gasteiger partial charge >= 0.3 is 0 Å². The van der Waals surface area contributed by atoms with Crippen molar-refractivity contribution in [2.75, 3.05) is 4.72 Å². The maximum atomic E-state index is 12.8. The van der Waals surface area contributed by atoms with Gasteiger partial charge in [0.1, 0.15) is 9.79 Å². The summed E-state index contributed by atoms with van der Waals surface area (Å²) in [5.41, 5.74) is -0.0287. The Balaban J connectivity index is 1.99. The van der Waals surface area contributed by atoms with Crippen molar-refractivity contribution in [3.63, 3.8) is 0 Å². The SMILES string of the molecule is Cc1c(NS(=O)(=O)c2ccccc2S(=O)(=O)NC2(C)CCC2)nnn1C. The third-order valence-electron chi connectivity index (χ3n) is 4.60. The smallest absolute Gasteiger partial charge is 0.260 e. The Hall–Kier alpha value is -1.98. The van der Waals surface area contributed by atoms with Crippen molar-refractivity contribution >= 4 is 25.9 Å². The van der Waals surface area contributed by atoms with E-state index in [4.69, 9.17) is 0 Å². The molecule has 0 radical (unpaired) electrons. The number of nitrogens with zero attached hydrogens (tertiary/aromatic N) is 3. The number of sulfonamides is 2. The van der Waals surface area contributed by atoms with Gasteiger partial charge in [-0.3, -0.25) is 9.40 Å². The van der Waals surface area contributed by atoms with Gasteiger partial charge in [-0.2, -0.15) is 0 Å². The molecule has 1 saturated carbocycles. The monoisotopic (exact) mass is 399 g/mol. The second kappa shape index (κ2) is 6.32. The Bertz CT molecular complexity index is 1040. The molecule has 142 valence electrons. The second-order valence-corrected chi connectivity index (χ2v) is 10.0. The minimum Gasteiger partial charge on any atom is -0.260 e. The highest BCUT2D eigenvalue weighted by Crippen LogP contribution is 2.33. The Kier molecular flexibility index (Phi) is 4.57. The highest BCUT2D eigenvalue weighted by molar-refractivity contribution is 7.94. The third-order valence-corrected chi connectivity index (χ3v) is 7.83. The number of hydrogen-bond acceptors (Lipinski definition) is 6. The summed E-state index contributed by atoms with van der Waals surface area (Å²) in [4.78, 5) is -0.623. The standard InChI is InChI=1S/C15H21N5O4S2/c1-11-14(16-19-20(11)3)17-25(21,22)12-7-4-5-8-13(12)26(23,24)18-15(2)9-6-10-15/h4-5,7-8,17-18H,6,9-10H2,1-3H3. The van der Waals surface area contributed by atoms with Crippen LogP contribution in [0.5, 0.6) is 0 Å². The molecule has 0 atom stereocenters. The second-order valence-electron chi connectivity index (χ2n) is 6.72. The third kappa shape index (κ3) is 3.46. The minimum absolute atomic E-state index is 0.0543. The predicted molar refractivity (Wildman–Crippen MR) is 95.6 cm³/mol. The van der Waals surface area contributed by atoms with Gasteiger partial charge in [0.2, 0.25) is 10.0 Å². The molecule has 0 unspecified atom stereocenters. The summed E-state index contributed by atoms with van der Waals surface area (Å²) in [7, 11) is -6.54. The van der Waals surface area contributed by atoms with Gasteiger partial charge in [0.05, 0.1) is 5.69 Å². The first-order valence-electron chi connectivity index (χ1n) is 8.06. The van der Waals surface area contributed by atoms with Gasteiger partial charge in [0.25, 0.3) is 10.0 Å². The fourth-order valence-corrected chi connectivity index (χ4v) is 6.12. The van der Waals surface area contributed by atoms with Crippen LogP contribution in [0.15, 0.2) is 34.1 Å². The van der Waals surface area contributed by atoms with Crippen LogP contribution in [0.2, 0.25) is 0 Å². The van der Waals surface area contributed by atoms with Crippen molar-refractivity contribution in [3.05, 3.63) is 30.0 Å². The summed E-state index contributed by atoms with van der Waals surface area (Å²) in [6.45, 7) is 3.46. The molecule has 1 heterocycles. The average molecular weight is 399 g/mol. The Labute approximate surface area is 152 Å². The fraction of sp³-hybridized carbons (Fsp3) is 0.467. The molecule has 2 aromatic rings. The van der Waals surface area contributed by atoms with Crippen LogP contribution in [0.1, 0.15) is 31.9 Å². The summed E-state index contributed by atoms with van der Waals surface area (Å²) in [6.07, 6.45) is 2.38. The molecule has 1 aliphatic rings. The van der Waals surface area contributed by atoms with Crippen LogP contribution in [0.4, 0.5) is 5.82 Å². The van der Waals surface area contributed by atoms with E-state index in [-0.39, 0.29) is 15.6 Å². The number of nitrogens with one attached hydrogen (secondary N) is 2. The van der Waals surface area contributed by atoms with Crippen molar-refractivity contribution in [1.82, 2.24) is 19.7 Å². The molecule has 0 aliphatic heterocycles. The molecule has 0 amide bonds. The van der Waals surface area contributed by atoms with Crippen LogP contribution >= 0.6 is 0 Å². The van der Waals surface area contributed by atoms with Crippen molar-refractivity contribution < 1.29 is 16.8 Å². The van der Waals surface area contributed by atoms with E-state index in [0.29, 0.717) is 5.69 Å². The van der Waals surface area contributed by atoms with Crippen LogP contribution in [0, 0.1) is 6.92 Å². The molecule has 2 N–H and O–H groups in total. The molecule has 0 spiro atoms. The zero-order valence-corrected chi connectivity index (χ0v) is 16.4. The van der Waals surface area contributed by atoms with Crippen LogP contribution in [0.3, 0.4) is 0 Å². The van der Waals surface area contributed by atoms with E-state index >= 15 is 0 Å². The quantitative estimate of drug-likeness (QED) is 0.751. The molecular formula is C15H21N5O4S2. The lowest BCUT2D eigenvalue weighted by Gasteiger charge is -2.38. The first-order valence-corrected chi connectivity index (χ1v) is 11.0. The molecule has 11 heteroatoms. The fourth-order valence-electron chi connectivity index (χ4n) is 2.76. The topological polar surface area (TPSA) is 123 Å². The van der Waals surface area contributed by atoms with Crippen LogP contribution in [-0.2, 0) is 27.1 Å². The number of rotatable bonds is 6. The van der Waals surface area contributed by atoms with Crippen molar-refractivity contribution in [2.45, 2.75) is 48.4 Å². The first kappa shape index (κ1) is 18.8. The van der Waals surface area contributed by atoms with Crippen molar-refractivity contribution in [1.29, 1.82) is 0 Å². The molecule has 1 aromatic carbocycles. The molecule has 0 saturated heterocycles. The Morgan fingerprint density at radius 3 is 2.12 bits per heavy atom. The van der Waals surface area contributed by atoms with Gasteiger partial charge in [0, 0.05) is 12.6 Å². The van der Waals surface area contributed by atoms with E-state index in [1.165, 1.54) is 28.9 Å². The molecule has 26 heavy (non-hydrogen) atoms. The van der Waals surface area contributed by atoms with E-state index < -0.39 is 25.6 Å². The molecule has 0 bridgehead atoms. The zero-order valence-electron chi connectivity index (χ0n) is 14.7. The number of anilines is 1. The summed E-state index contributed by atoms with van der Waals surface area (Å²) in [5.74, 6) is 0.0543. The van der Waals surface area contributed by atoms with E-state index in [1.54, 1.807) is 14.0 Å². The summed E-state index contributed by atoms with van der Waals surface area (Å²) in [6, 6.07) is 5.50. The lowest BCUT2D eigenvalue weighted by Crippen LogP contribution is -2.50. The van der Waals surface area contributed by atoms with Crippen molar-refractivity contribution in [2.24, 2.45) is 7.05 Å². The average Bonchev–Trinajstić information content (AvgIpc) is 2.85. The van der Waals surface area contributed by atoms with Gasteiger partial charge in [-0.15, -0.1) is 5.10 Å². The predicted octanol–water partition coefficient (Wildman–Crippen LogP) is 1.15. The maximum Gasteiger partial charge on any atom is 0.264 e. The van der Waals surface area contributed by atoms with Gasteiger partial charge in [0.15, 0.2) is 5.82 Å². The summed E-state index contributed by atoms with van der Waals surface area (Å²) < 4.78 is 57.5. The minimum atomic E-state index is -4.17. The van der Waals surface area contributed by atoms with E-state index in [2.05, 4.69) is 19.8 Å². The first-order chi connectivity index (χ1) is 12.0. The largest absolute Gasteiger partial charge is 0.264 e. The van der Waals surface area contributed by atoms with Gasteiger partial charge in [-0.1, -0.05) is 17.3 Å². The van der Waals surface area contributed by atoms with Crippen LogP contribution in [0.25, 0.3) is 0 Å². The maximum absolute atomic E-state index is 12.8. The van der Waals surface area contributed by atoms with E-state index in [1.807, 2.05) is 6.92 Å². The summed E-state index contributed by atoms with van der Waals surface area (Å²) >= 11 is 0. The zero-order chi connectivity index (χ0) is 19.2. The number of aromatic nitrogens is 3. The van der Waals surface area contributed by atoms with Gasteiger partial charge < -0.3 is 0 Å². The lowest BCUT2D eigenvalue weighted by molar-refractivity contribution is 0.248. The van der Waals surface area contributed by atoms with Crippen LogP contribution in [-0.4, -0.2) is 37.4 Å². The van der Waals surface area contributed by atoms with E-state index in [0.717, 1.165) is 19.3 Å². The molecule has 1 aromatic heterocycles. The number of benzene rings is 1.